The third-order valence-electron chi connectivity index (χ3n) is 3.27. The van der Waals surface area contributed by atoms with Crippen LogP contribution < -0.4 is 10.6 Å². The number of likely N-dealkylation sites (N-methyl/N-ethyl adjacent to an activating group) is 1. The minimum Gasteiger partial charge on any atom is -0.366 e. The van der Waals surface area contributed by atoms with Gasteiger partial charge in [0.25, 0.3) is 5.91 Å². The Hall–Kier alpha value is -1.85. The van der Waals surface area contributed by atoms with Crippen LogP contribution in [-0.4, -0.2) is 30.0 Å². The Bertz CT molecular complexity index is 598. The maximum Gasteiger partial charge on any atom is 0.253 e. The second-order valence-electron chi connectivity index (χ2n) is 4.96. The third-order valence-corrected chi connectivity index (χ3v) is 3.27. The first-order chi connectivity index (χ1) is 10.1. The van der Waals surface area contributed by atoms with E-state index in [0.29, 0.717) is 12.1 Å². The van der Waals surface area contributed by atoms with E-state index in [2.05, 4.69) is 15.6 Å². The molecule has 22 heavy (non-hydrogen) atoms. The van der Waals surface area contributed by atoms with Crippen LogP contribution in [0.4, 0.5) is 4.39 Å². The van der Waals surface area contributed by atoms with Crippen LogP contribution in [0.25, 0.3) is 11.1 Å². The molecule has 0 bridgehead atoms. The number of H-pyrrole nitrogens is 1. The lowest BCUT2D eigenvalue weighted by Gasteiger charge is -2.13. The summed E-state index contributed by atoms with van der Waals surface area (Å²) >= 11 is 0. The van der Waals surface area contributed by atoms with Crippen molar-refractivity contribution in [2.24, 2.45) is 0 Å². The number of nitrogens with one attached hydrogen (secondary N) is 3. The Morgan fingerprint density at radius 3 is 2.59 bits per heavy atom. The Balaban J connectivity index is 0.00000242. The fourth-order valence-electron chi connectivity index (χ4n) is 2.18. The number of aromatic amines is 1. The molecule has 0 spiro atoms. The molecule has 0 unspecified atom stereocenters. The van der Waals surface area contributed by atoms with Crippen molar-refractivity contribution >= 4 is 18.3 Å². The standard InChI is InChI=1S/C16H20FN3O.ClH/c1-3-19-11(2)8-20-16(21)15-10-18-9-14(15)12-4-6-13(17)7-5-12;/h4-7,9-11,18-19H,3,8H2,1-2H3,(H,20,21);1H/t11-;/m1./s1. The lowest BCUT2D eigenvalue weighted by atomic mass is 10.0. The average Bonchev–Trinajstić information content (AvgIpc) is 2.95. The van der Waals surface area contributed by atoms with Crippen molar-refractivity contribution in [1.29, 1.82) is 0 Å². The minimum atomic E-state index is -0.292. The topological polar surface area (TPSA) is 56.9 Å². The monoisotopic (exact) mass is 325 g/mol. The first-order valence-electron chi connectivity index (χ1n) is 7.06. The van der Waals surface area contributed by atoms with E-state index < -0.39 is 0 Å². The SMILES string of the molecule is CCN[C@H](C)CNC(=O)c1c[nH]cc1-c1ccc(F)cc1.Cl. The summed E-state index contributed by atoms with van der Waals surface area (Å²) in [6.45, 7) is 5.46. The zero-order valence-corrected chi connectivity index (χ0v) is 13.5. The molecule has 1 aromatic carbocycles. The molecule has 0 aliphatic carbocycles. The summed E-state index contributed by atoms with van der Waals surface area (Å²) in [7, 11) is 0. The Labute approximate surface area is 135 Å². The van der Waals surface area contributed by atoms with Crippen molar-refractivity contribution in [2.75, 3.05) is 13.1 Å². The quantitative estimate of drug-likeness (QED) is 0.764. The molecule has 6 heteroatoms. The number of carbonyl (C=O) groups excluding carboxylic acids is 1. The number of benzene rings is 1. The number of aromatic nitrogens is 1. The highest BCUT2D eigenvalue weighted by Crippen LogP contribution is 2.23. The predicted molar refractivity (Wildman–Crippen MR) is 88.9 cm³/mol. The van der Waals surface area contributed by atoms with E-state index in [4.69, 9.17) is 0 Å². The number of halogens is 2. The van der Waals surface area contributed by atoms with E-state index in [-0.39, 0.29) is 30.2 Å². The van der Waals surface area contributed by atoms with Gasteiger partial charge in [0.05, 0.1) is 5.56 Å². The summed E-state index contributed by atoms with van der Waals surface area (Å²) in [4.78, 5) is 15.2. The molecule has 1 heterocycles. The molecule has 1 amide bonds. The second-order valence-corrected chi connectivity index (χ2v) is 4.96. The molecule has 2 aromatic rings. The van der Waals surface area contributed by atoms with Gasteiger partial charge in [-0.1, -0.05) is 19.1 Å². The normalized spacial score (nSPS) is 11.6. The summed E-state index contributed by atoms with van der Waals surface area (Å²) < 4.78 is 13.0. The molecule has 0 radical (unpaired) electrons. The van der Waals surface area contributed by atoms with Gasteiger partial charge in [-0.2, -0.15) is 0 Å². The molecular weight excluding hydrogens is 305 g/mol. The van der Waals surface area contributed by atoms with Gasteiger partial charge in [-0.05, 0) is 31.2 Å². The summed E-state index contributed by atoms with van der Waals surface area (Å²) in [5.41, 5.74) is 2.14. The number of hydrogen-bond donors (Lipinski definition) is 3. The van der Waals surface area contributed by atoms with Crippen LogP contribution in [0.5, 0.6) is 0 Å². The predicted octanol–water partition coefficient (Wildman–Crippen LogP) is 2.97. The van der Waals surface area contributed by atoms with Crippen LogP contribution in [0.2, 0.25) is 0 Å². The number of carbonyl (C=O) groups is 1. The molecule has 120 valence electrons. The average molecular weight is 326 g/mol. The highest BCUT2D eigenvalue weighted by atomic mass is 35.5. The molecular formula is C16H21ClFN3O. The zero-order chi connectivity index (χ0) is 15.2. The second kappa shape index (κ2) is 8.56. The fourth-order valence-corrected chi connectivity index (χ4v) is 2.18. The largest absolute Gasteiger partial charge is 0.366 e. The summed E-state index contributed by atoms with van der Waals surface area (Å²) in [6.07, 6.45) is 3.40. The molecule has 0 saturated carbocycles. The number of hydrogen-bond acceptors (Lipinski definition) is 2. The molecule has 0 aliphatic rings. The van der Waals surface area contributed by atoms with Crippen LogP contribution in [0.15, 0.2) is 36.7 Å². The van der Waals surface area contributed by atoms with Crippen LogP contribution in [0.3, 0.4) is 0 Å². The maximum absolute atomic E-state index is 13.0. The molecule has 1 atom stereocenters. The molecule has 0 fully saturated rings. The van der Waals surface area contributed by atoms with E-state index in [9.17, 15) is 9.18 Å². The van der Waals surface area contributed by atoms with E-state index in [1.54, 1.807) is 24.5 Å². The Morgan fingerprint density at radius 2 is 1.95 bits per heavy atom. The van der Waals surface area contributed by atoms with Crippen LogP contribution in [0, 0.1) is 5.82 Å². The molecule has 1 aromatic heterocycles. The highest BCUT2D eigenvalue weighted by molar-refractivity contribution is 6.00. The highest BCUT2D eigenvalue weighted by Gasteiger charge is 2.14. The van der Waals surface area contributed by atoms with Crippen molar-refractivity contribution in [2.45, 2.75) is 19.9 Å². The fraction of sp³-hybridized carbons (Fsp3) is 0.312. The van der Waals surface area contributed by atoms with Gasteiger partial charge < -0.3 is 15.6 Å². The van der Waals surface area contributed by atoms with Crippen molar-refractivity contribution in [1.82, 2.24) is 15.6 Å². The number of rotatable bonds is 6. The van der Waals surface area contributed by atoms with Crippen molar-refractivity contribution in [3.63, 3.8) is 0 Å². The van der Waals surface area contributed by atoms with Crippen molar-refractivity contribution in [3.05, 3.63) is 48.0 Å². The van der Waals surface area contributed by atoms with Gasteiger partial charge >= 0.3 is 0 Å². The summed E-state index contributed by atoms with van der Waals surface area (Å²) in [6, 6.07) is 6.31. The minimum absolute atomic E-state index is 0. The van der Waals surface area contributed by atoms with E-state index in [1.807, 2.05) is 13.8 Å². The van der Waals surface area contributed by atoms with Gasteiger partial charge in [-0.3, -0.25) is 4.79 Å². The van der Waals surface area contributed by atoms with Gasteiger partial charge in [-0.25, -0.2) is 4.39 Å². The van der Waals surface area contributed by atoms with Gasteiger partial charge in [-0.15, -0.1) is 12.4 Å². The summed E-state index contributed by atoms with van der Waals surface area (Å²) in [5, 5.41) is 6.13. The zero-order valence-electron chi connectivity index (χ0n) is 12.7. The van der Waals surface area contributed by atoms with E-state index in [1.165, 1.54) is 12.1 Å². The van der Waals surface area contributed by atoms with Gasteiger partial charge in [0.15, 0.2) is 0 Å². The lowest BCUT2D eigenvalue weighted by molar-refractivity contribution is 0.0951. The maximum atomic E-state index is 13.0. The van der Waals surface area contributed by atoms with Crippen LogP contribution in [0.1, 0.15) is 24.2 Å². The lowest BCUT2D eigenvalue weighted by Crippen LogP contribution is -2.38. The third kappa shape index (κ3) is 4.58. The van der Waals surface area contributed by atoms with Gasteiger partial charge in [0.2, 0.25) is 0 Å². The summed E-state index contributed by atoms with van der Waals surface area (Å²) in [5.74, 6) is -0.430. The van der Waals surface area contributed by atoms with E-state index in [0.717, 1.165) is 17.7 Å². The van der Waals surface area contributed by atoms with Crippen molar-refractivity contribution < 1.29 is 9.18 Å². The van der Waals surface area contributed by atoms with E-state index >= 15 is 0 Å². The Morgan fingerprint density at radius 1 is 1.27 bits per heavy atom. The molecule has 2 rings (SSSR count). The molecule has 3 N–H and O–H groups in total. The van der Waals surface area contributed by atoms with Gasteiger partial charge in [0, 0.05) is 30.5 Å². The van der Waals surface area contributed by atoms with Crippen LogP contribution in [-0.2, 0) is 0 Å². The smallest absolute Gasteiger partial charge is 0.253 e. The Kier molecular flexibility index (Phi) is 7.08. The molecule has 4 nitrogen and oxygen atoms in total. The first kappa shape index (κ1) is 18.2. The molecule has 0 aliphatic heterocycles. The molecule has 0 saturated heterocycles. The first-order valence-corrected chi connectivity index (χ1v) is 7.06. The van der Waals surface area contributed by atoms with Crippen molar-refractivity contribution in [3.8, 4) is 11.1 Å². The van der Waals surface area contributed by atoms with Crippen LogP contribution >= 0.6 is 12.4 Å². The van der Waals surface area contributed by atoms with Gasteiger partial charge in [0.1, 0.15) is 5.82 Å². The number of amides is 1.